The Balaban J connectivity index is 2.66. The van der Waals surface area contributed by atoms with E-state index in [2.05, 4.69) is 11.7 Å². The Kier molecular flexibility index (Phi) is 4.79. The van der Waals surface area contributed by atoms with E-state index in [1.807, 2.05) is 24.3 Å². The lowest BCUT2D eigenvalue weighted by Gasteiger charge is -2.15. The van der Waals surface area contributed by atoms with E-state index in [0.717, 1.165) is 6.42 Å². The maximum atomic E-state index is 11.2. The third-order valence-corrected chi connectivity index (χ3v) is 2.29. The first-order valence-electron chi connectivity index (χ1n) is 5.24. The van der Waals surface area contributed by atoms with Gasteiger partial charge in [0.1, 0.15) is 5.75 Å². The highest BCUT2D eigenvalue weighted by Crippen LogP contribution is 2.14. The van der Waals surface area contributed by atoms with Crippen LogP contribution in [0.2, 0.25) is 0 Å². The molecular formula is C12H17NO3. The van der Waals surface area contributed by atoms with Crippen LogP contribution in [0.1, 0.15) is 12.5 Å². The molecule has 0 aliphatic heterocycles. The third-order valence-electron chi connectivity index (χ3n) is 2.29. The number of rotatable bonds is 5. The Labute approximate surface area is 95.3 Å². The largest absolute Gasteiger partial charge is 0.477 e. The molecule has 4 nitrogen and oxygen atoms in total. The van der Waals surface area contributed by atoms with Gasteiger partial charge in [-0.15, -0.1) is 0 Å². The molecule has 0 fully saturated rings. The molecule has 88 valence electrons. The lowest BCUT2D eigenvalue weighted by molar-refractivity contribution is -0.148. The van der Waals surface area contributed by atoms with Crippen molar-refractivity contribution < 1.29 is 14.3 Å². The Hall–Kier alpha value is -1.55. The lowest BCUT2D eigenvalue weighted by atomic mass is 10.2. The Morgan fingerprint density at radius 3 is 2.44 bits per heavy atom. The van der Waals surface area contributed by atoms with Gasteiger partial charge in [0.05, 0.1) is 7.11 Å². The SMILES string of the molecule is CCc1ccc(OC(CN)C(=O)OC)cc1. The van der Waals surface area contributed by atoms with Crippen LogP contribution in [0, 0.1) is 0 Å². The molecule has 1 aromatic carbocycles. The van der Waals surface area contributed by atoms with Crippen molar-refractivity contribution in [2.75, 3.05) is 13.7 Å². The molecule has 0 amide bonds. The molecule has 1 atom stereocenters. The second-order valence-electron chi connectivity index (χ2n) is 3.36. The van der Waals surface area contributed by atoms with Gasteiger partial charge in [0.2, 0.25) is 6.10 Å². The normalized spacial score (nSPS) is 11.9. The second kappa shape index (κ2) is 6.12. The van der Waals surface area contributed by atoms with Crippen LogP contribution in [0.5, 0.6) is 5.75 Å². The molecule has 2 N–H and O–H groups in total. The van der Waals surface area contributed by atoms with Gasteiger partial charge in [-0.25, -0.2) is 4.79 Å². The predicted molar refractivity (Wildman–Crippen MR) is 61.3 cm³/mol. The highest BCUT2D eigenvalue weighted by atomic mass is 16.6. The zero-order valence-corrected chi connectivity index (χ0v) is 9.60. The second-order valence-corrected chi connectivity index (χ2v) is 3.36. The first-order chi connectivity index (χ1) is 7.71. The summed E-state index contributed by atoms with van der Waals surface area (Å²) in [5.41, 5.74) is 6.64. The van der Waals surface area contributed by atoms with E-state index in [0.29, 0.717) is 5.75 Å². The number of carbonyl (C=O) groups excluding carboxylic acids is 1. The fraction of sp³-hybridized carbons (Fsp3) is 0.417. The van der Waals surface area contributed by atoms with Gasteiger partial charge < -0.3 is 15.2 Å². The number of aryl methyl sites for hydroxylation is 1. The van der Waals surface area contributed by atoms with Crippen LogP contribution in [0.25, 0.3) is 0 Å². The van der Waals surface area contributed by atoms with E-state index in [-0.39, 0.29) is 6.54 Å². The Morgan fingerprint density at radius 1 is 1.38 bits per heavy atom. The fourth-order valence-electron chi connectivity index (χ4n) is 1.29. The molecule has 0 radical (unpaired) electrons. The number of esters is 1. The molecular weight excluding hydrogens is 206 g/mol. The molecule has 0 bridgehead atoms. The van der Waals surface area contributed by atoms with Gasteiger partial charge in [0.25, 0.3) is 0 Å². The average Bonchev–Trinajstić information content (AvgIpc) is 2.35. The van der Waals surface area contributed by atoms with Crippen LogP contribution in [0.3, 0.4) is 0 Å². The van der Waals surface area contributed by atoms with E-state index in [9.17, 15) is 4.79 Å². The highest BCUT2D eigenvalue weighted by Gasteiger charge is 2.18. The van der Waals surface area contributed by atoms with Crippen LogP contribution in [-0.2, 0) is 16.0 Å². The van der Waals surface area contributed by atoms with E-state index in [1.54, 1.807) is 0 Å². The van der Waals surface area contributed by atoms with Gasteiger partial charge in [0, 0.05) is 6.54 Å². The van der Waals surface area contributed by atoms with Crippen LogP contribution in [0.15, 0.2) is 24.3 Å². The molecule has 0 aliphatic carbocycles. The standard InChI is InChI=1S/C12H17NO3/c1-3-9-4-6-10(7-5-9)16-11(8-13)12(14)15-2/h4-7,11H,3,8,13H2,1-2H3. The summed E-state index contributed by atoms with van der Waals surface area (Å²) in [5.74, 6) is 0.167. The summed E-state index contributed by atoms with van der Waals surface area (Å²) in [6.45, 7) is 2.18. The van der Waals surface area contributed by atoms with Crippen molar-refractivity contribution in [1.82, 2.24) is 0 Å². The number of hydrogen-bond acceptors (Lipinski definition) is 4. The molecule has 1 unspecified atom stereocenters. The summed E-state index contributed by atoms with van der Waals surface area (Å²) in [5, 5.41) is 0. The summed E-state index contributed by atoms with van der Waals surface area (Å²) >= 11 is 0. The maximum absolute atomic E-state index is 11.2. The van der Waals surface area contributed by atoms with Crippen molar-refractivity contribution in [3.05, 3.63) is 29.8 Å². The van der Waals surface area contributed by atoms with E-state index < -0.39 is 12.1 Å². The van der Waals surface area contributed by atoms with E-state index in [1.165, 1.54) is 12.7 Å². The van der Waals surface area contributed by atoms with Gasteiger partial charge in [-0.1, -0.05) is 19.1 Å². The number of nitrogens with two attached hydrogens (primary N) is 1. The monoisotopic (exact) mass is 223 g/mol. The number of benzene rings is 1. The molecule has 16 heavy (non-hydrogen) atoms. The van der Waals surface area contributed by atoms with Crippen LogP contribution < -0.4 is 10.5 Å². The Morgan fingerprint density at radius 2 is 2.00 bits per heavy atom. The van der Waals surface area contributed by atoms with Crippen LogP contribution in [0.4, 0.5) is 0 Å². The van der Waals surface area contributed by atoms with E-state index in [4.69, 9.17) is 10.5 Å². The number of carbonyl (C=O) groups is 1. The minimum atomic E-state index is -0.738. The van der Waals surface area contributed by atoms with Crippen LogP contribution in [-0.4, -0.2) is 25.7 Å². The molecule has 0 aliphatic rings. The van der Waals surface area contributed by atoms with Gasteiger partial charge in [-0.2, -0.15) is 0 Å². The zero-order chi connectivity index (χ0) is 12.0. The quantitative estimate of drug-likeness (QED) is 0.760. The van der Waals surface area contributed by atoms with Gasteiger partial charge in [-0.3, -0.25) is 0 Å². The van der Waals surface area contributed by atoms with Crippen molar-refractivity contribution in [3.63, 3.8) is 0 Å². The molecule has 0 aromatic heterocycles. The smallest absolute Gasteiger partial charge is 0.348 e. The molecule has 1 rings (SSSR count). The first-order valence-corrected chi connectivity index (χ1v) is 5.24. The average molecular weight is 223 g/mol. The summed E-state index contributed by atoms with van der Waals surface area (Å²) < 4.78 is 9.99. The van der Waals surface area contributed by atoms with Gasteiger partial charge in [0.15, 0.2) is 0 Å². The topological polar surface area (TPSA) is 61.5 Å². The lowest BCUT2D eigenvalue weighted by Crippen LogP contribution is -2.35. The molecule has 0 saturated carbocycles. The first kappa shape index (κ1) is 12.5. The molecule has 0 spiro atoms. The Bertz CT molecular complexity index is 335. The van der Waals surface area contributed by atoms with Gasteiger partial charge >= 0.3 is 5.97 Å². The number of hydrogen-bond donors (Lipinski definition) is 1. The van der Waals surface area contributed by atoms with Crippen molar-refractivity contribution in [3.8, 4) is 5.75 Å². The molecule has 0 heterocycles. The van der Waals surface area contributed by atoms with Crippen molar-refractivity contribution >= 4 is 5.97 Å². The van der Waals surface area contributed by atoms with Crippen molar-refractivity contribution in [2.45, 2.75) is 19.4 Å². The minimum absolute atomic E-state index is 0.0994. The molecule has 4 heteroatoms. The highest BCUT2D eigenvalue weighted by molar-refractivity contribution is 5.75. The fourth-order valence-corrected chi connectivity index (χ4v) is 1.29. The number of methoxy groups -OCH3 is 1. The summed E-state index contributed by atoms with van der Waals surface area (Å²) in [6.07, 6.45) is 0.231. The minimum Gasteiger partial charge on any atom is -0.477 e. The maximum Gasteiger partial charge on any atom is 0.348 e. The molecule has 1 aromatic rings. The third kappa shape index (κ3) is 3.24. The summed E-state index contributed by atoms with van der Waals surface area (Å²) in [6, 6.07) is 7.56. The van der Waals surface area contributed by atoms with Crippen molar-refractivity contribution in [2.24, 2.45) is 5.73 Å². The number of ether oxygens (including phenoxy) is 2. The summed E-state index contributed by atoms with van der Waals surface area (Å²) in [7, 11) is 1.31. The summed E-state index contributed by atoms with van der Waals surface area (Å²) in [4.78, 5) is 11.2. The van der Waals surface area contributed by atoms with Crippen LogP contribution >= 0.6 is 0 Å². The predicted octanol–water partition coefficient (Wildman–Crippen LogP) is 1.13. The zero-order valence-electron chi connectivity index (χ0n) is 9.60. The molecule has 0 saturated heterocycles. The van der Waals surface area contributed by atoms with E-state index >= 15 is 0 Å². The van der Waals surface area contributed by atoms with Gasteiger partial charge in [-0.05, 0) is 24.1 Å². The van der Waals surface area contributed by atoms with Crippen molar-refractivity contribution in [1.29, 1.82) is 0 Å².